The molecule has 0 aromatic heterocycles. The maximum atomic E-state index is 12.8. The Balaban J connectivity index is 1.40. The van der Waals surface area contributed by atoms with Crippen LogP contribution in [-0.2, 0) is 22.9 Å². The molecule has 0 spiro atoms. The molecule has 1 aliphatic carbocycles. The van der Waals surface area contributed by atoms with Crippen molar-refractivity contribution in [2.75, 3.05) is 22.4 Å². The van der Waals surface area contributed by atoms with Crippen molar-refractivity contribution in [3.05, 3.63) is 82.9 Å². The van der Waals surface area contributed by atoms with Crippen molar-refractivity contribution in [1.82, 2.24) is 0 Å². The van der Waals surface area contributed by atoms with Gasteiger partial charge in [-0.15, -0.1) is 0 Å². The van der Waals surface area contributed by atoms with E-state index in [1.165, 1.54) is 27.3 Å². The Bertz CT molecular complexity index is 1260. The average molecular weight is 404 g/mol. The molecule has 0 unspecified atom stereocenters. The lowest BCUT2D eigenvalue weighted by Gasteiger charge is -2.16. The Morgan fingerprint density at radius 2 is 1.72 bits per heavy atom. The minimum absolute atomic E-state index is 0.197. The first kappa shape index (κ1) is 17.9. The highest BCUT2D eigenvalue weighted by molar-refractivity contribution is 7.92. The number of hydrogen-bond acceptors (Lipinski definition) is 3. The maximum Gasteiger partial charge on any atom is 0.255 e. The molecule has 1 heterocycles. The number of rotatable bonds is 3. The van der Waals surface area contributed by atoms with Crippen molar-refractivity contribution in [1.29, 1.82) is 0 Å². The van der Waals surface area contributed by atoms with Crippen molar-refractivity contribution >= 4 is 27.3 Å². The molecule has 0 atom stereocenters. The van der Waals surface area contributed by atoms with Crippen LogP contribution in [0.1, 0.15) is 27.0 Å². The molecular weight excluding hydrogens is 384 g/mol. The molecule has 146 valence electrons. The Labute approximate surface area is 170 Å². The topological polar surface area (TPSA) is 66.5 Å². The third kappa shape index (κ3) is 3.09. The molecule has 5 nitrogen and oxygen atoms in total. The summed E-state index contributed by atoms with van der Waals surface area (Å²) in [4.78, 5) is 12.8. The van der Waals surface area contributed by atoms with Gasteiger partial charge in [-0.1, -0.05) is 30.3 Å². The second-order valence-corrected chi connectivity index (χ2v) is 9.50. The maximum absolute atomic E-state index is 12.8. The Hall–Kier alpha value is -3.12. The first-order valence-electron chi connectivity index (χ1n) is 9.53. The summed E-state index contributed by atoms with van der Waals surface area (Å²) in [6, 6.07) is 19.5. The summed E-state index contributed by atoms with van der Waals surface area (Å²) < 4.78 is 25.2. The van der Waals surface area contributed by atoms with E-state index in [0.717, 1.165) is 23.2 Å². The fourth-order valence-electron chi connectivity index (χ4n) is 4.26. The van der Waals surface area contributed by atoms with Crippen LogP contribution in [0.5, 0.6) is 0 Å². The van der Waals surface area contributed by atoms with Crippen LogP contribution in [0.3, 0.4) is 0 Å². The van der Waals surface area contributed by atoms with E-state index in [9.17, 15) is 13.2 Å². The zero-order valence-corrected chi connectivity index (χ0v) is 16.8. The van der Waals surface area contributed by atoms with E-state index >= 15 is 0 Å². The van der Waals surface area contributed by atoms with Crippen LogP contribution >= 0.6 is 0 Å². The quantitative estimate of drug-likeness (QED) is 0.564. The number of nitrogens with one attached hydrogen (secondary N) is 1. The van der Waals surface area contributed by atoms with Gasteiger partial charge < -0.3 is 5.32 Å². The molecule has 3 aromatic rings. The van der Waals surface area contributed by atoms with E-state index in [2.05, 4.69) is 23.5 Å². The number of carbonyl (C=O) groups is 1. The number of carbonyl (C=O) groups excluding carboxylic acids is 1. The van der Waals surface area contributed by atoms with Crippen LogP contribution in [0.4, 0.5) is 11.4 Å². The van der Waals surface area contributed by atoms with E-state index in [-0.39, 0.29) is 5.91 Å². The molecule has 2 aliphatic rings. The first-order valence-corrected chi connectivity index (χ1v) is 11.4. The summed E-state index contributed by atoms with van der Waals surface area (Å²) in [6.45, 7) is 0.420. The van der Waals surface area contributed by atoms with Crippen LogP contribution < -0.4 is 9.62 Å². The number of anilines is 2. The third-order valence-corrected chi connectivity index (χ3v) is 6.83. The van der Waals surface area contributed by atoms with Crippen molar-refractivity contribution in [2.45, 2.75) is 12.8 Å². The Kier molecular flexibility index (Phi) is 3.99. The third-order valence-electron chi connectivity index (χ3n) is 5.65. The molecule has 0 fully saturated rings. The van der Waals surface area contributed by atoms with Crippen molar-refractivity contribution in [3.63, 3.8) is 0 Å². The summed E-state index contributed by atoms with van der Waals surface area (Å²) in [5, 5.41) is 2.98. The van der Waals surface area contributed by atoms with Gasteiger partial charge in [-0.05, 0) is 71.0 Å². The monoisotopic (exact) mass is 404 g/mol. The highest BCUT2D eigenvalue weighted by Gasteiger charge is 2.27. The highest BCUT2D eigenvalue weighted by atomic mass is 32.2. The zero-order valence-electron chi connectivity index (χ0n) is 16.0. The van der Waals surface area contributed by atoms with Crippen molar-refractivity contribution in [3.8, 4) is 11.1 Å². The smallest absolute Gasteiger partial charge is 0.255 e. The summed E-state index contributed by atoms with van der Waals surface area (Å²) in [7, 11) is -3.30. The summed E-state index contributed by atoms with van der Waals surface area (Å²) in [5.74, 6) is -0.197. The lowest BCUT2D eigenvalue weighted by atomic mass is 10.0. The number of sulfonamides is 1. The Morgan fingerprint density at radius 3 is 2.55 bits per heavy atom. The van der Waals surface area contributed by atoms with Crippen LogP contribution in [-0.4, -0.2) is 27.1 Å². The van der Waals surface area contributed by atoms with Crippen LogP contribution in [0.15, 0.2) is 60.7 Å². The zero-order chi connectivity index (χ0) is 20.2. The fourth-order valence-corrected chi connectivity index (χ4v) is 5.22. The van der Waals surface area contributed by atoms with Crippen LogP contribution in [0.25, 0.3) is 11.1 Å². The number of amides is 1. The van der Waals surface area contributed by atoms with E-state index in [0.29, 0.717) is 24.2 Å². The molecular formula is C23H20N2O3S. The molecule has 3 aromatic carbocycles. The summed E-state index contributed by atoms with van der Waals surface area (Å²) in [6.07, 6.45) is 2.73. The van der Waals surface area contributed by atoms with Crippen molar-refractivity contribution < 1.29 is 13.2 Å². The molecule has 1 aliphatic heterocycles. The van der Waals surface area contributed by atoms with E-state index in [1.54, 1.807) is 18.2 Å². The minimum atomic E-state index is -3.30. The molecule has 5 rings (SSSR count). The van der Waals surface area contributed by atoms with E-state index in [4.69, 9.17) is 0 Å². The fraction of sp³-hybridized carbons (Fsp3) is 0.174. The second kappa shape index (κ2) is 6.46. The molecule has 0 saturated carbocycles. The van der Waals surface area contributed by atoms with Gasteiger partial charge in [0.2, 0.25) is 10.0 Å². The van der Waals surface area contributed by atoms with Crippen LogP contribution in [0.2, 0.25) is 0 Å². The van der Waals surface area contributed by atoms with Gasteiger partial charge in [0.1, 0.15) is 0 Å². The SMILES string of the molecule is CS(=O)(=O)N1CCc2cc(C(=O)Nc3ccc4c(c3)-c3ccccc3C4)ccc21. The first-order chi connectivity index (χ1) is 13.9. The standard InChI is InChI=1S/C23H20N2O3S/c1-29(27,28)25-11-10-17-13-18(7-9-22(17)25)23(26)24-19-8-6-16-12-15-4-2-3-5-20(15)21(16)14-19/h2-9,13-14H,10-12H2,1H3,(H,24,26). The normalized spacial score (nSPS) is 14.3. The summed E-state index contributed by atoms with van der Waals surface area (Å²) >= 11 is 0. The van der Waals surface area contributed by atoms with Gasteiger partial charge in [0.05, 0.1) is 11.9 Å². The molecule has 29 heavy (non-hydrogen) atoms. The van der Waals surface area contributed by atoms with Gasteiger partial charge in [0.25, 0.3) is 5.91 Å². The minimum Gasteiger partial charge on any atom is -0.322 e. The van der Waals surface area contributed by atoms with Gasteiger partial charge in [-0.25, -0.2) is 8.42 Å². The van der Waals surface area contributed by atoms with Gasteiger partial charge >= 0.3 is 0 Å². The molecule has 0 saturated heterocycles. The van der Waals surface area contributed by atoms with E-state index < -0.39 is 10.0 Å². The molecule has 6 heteroatoms. The van der Waals surface area contributed by atoms with Crippen molar-refractivity contribution in [2.24, 2.45) is 0 Å². The molecule has 0 radical (unpaired) electrons. The largest absolute Gasteiger partial charge is 0.322 e. The van der Waals surface area contributed by atoms with Gasteiger partial charge in [-0.2, -0.15) is 0 Å². The average Bonchev–Trinajstić information content (AvgIpc) is 3.28. The predicted molar refractivity (Wildman–Crippen MR) is 115 cm³/mol. The number of benzene rings is 3. The van der Waals surface area contributed by atoms with E-state index in [1.807, 2.05) is 24.3 Å². The van der Waals surface area contributed by atoms with Gasteiger partial charge in [0, 0.05) is 17.8 Å². The number of nitrogens with zero attached hydrogens (tertiary/aromatic N) is 1. The number of fused-ring (bicyclic) bond motifs is 4. The van der Waals surface area contributed by atoms with Crippen LogP contribution in [0, 0.1) is 0 Å². The van der Waals surface area contributed by atoms with Gasteiger partial charge in [0.15, 0.2) is 0 Å². The lowest BCUT2D eigenvalue weighted by Crippen LogP contribution is -2.27. The molecule has 1 N–H and O–H groups in total. The summed E-state index contributed by atoms with van der Waals surface area (Å²) in [5.41, 5.74) is 7.78. The Morgan fingerprint density at radius 1 is 0.931 bits per heavy atom. The van der Waals surface area contributed by atoms with Gasteiger partial charge in [-0.3, -0.25) is 9.10 Å². The predicted octanol–water partition coefficient (Wildman–Crippen LogP) is 3.83. The second-order valence-electron chi connectivity index (χ2n) is 7.59. The molecule has 0 bridgehead atoms. The lowest BCUT2D eigenvalue weighted by molar-refractivity contribution is 0.102. The molecule has 1 amide bonds. The highest BCUT2D eigenvalue weighted by Crippen LogP contribution is 2.38. The number of hydrogen-bond donors (Lipinski definition) is 1.